The lowest BCUT2D eigenvalue weighted by Crippen LogP contribution is -2.43. The number of aromatic nitrogens is 4. The van der Waals surface area contributed by atoms with Gasteiger partial charge in [0.2, 0.25) is 5.79 Å². The quantitative estimate of drug-likeness (QED) is 0.252. The molecule has 14 nitrogen and oxygen atoms in total. The van der Waals surface area contributed by atoms with Crippen molar-refractivity contribution in [2.24, 2.45) is 0 Å². The number of rotatable bonds is 10. The molecule has 3 aliphatic rings. The molecule has 5 rings (SSSR count). The van der Waals surface area contributed by atoms with E-state index in [2.05, 4.69) is 20.2 Å². The van der Waals surface area contributed by atoms with Crippen LogP contribution < -0.4 is 5.32 Å². The molecule has 4 atom stereocenters. The SMILES string of the molecule is O=P(O)(O)CP(=O)(O)OC[C@H]1OC[C@@](F)(n2cnc3c(NC4CCCC4)nc(CN4CCCCC4)nc32)[C@@H]1O. The third kappa shape index (κ3) is 6.69. The largest absolute Gasteiger partial charge is 0.385 e. The van der Waals surface area contributed by atoms with E-state index in [9.17, 15) is 19.1 Å². The van der Waals surface area contributed by atoms with E-state index in [1.165, 1.54) is 12.7 Å². The monoisotopic (exact) mass is 592 g/mol. The van der Waals surface area contributed by atoms with Gasteiger partial charge in [-0.1, -0.05) is 19.3 Å². The molecular formula is C22H35FN6O8P2. The summed E-state index contributed by atoms with van der Waals surface area (Å²) in [6, 6.07) is 0.222. The van der Waals surface area contributed by atoms with Gasteiger partial charge in [-0.3, -0.25) is 18.6 Å². The molecular weight excluding hydrogens is 557 g/mol. The Bertz CT molecular complexity index is 1270. The standard InChI is InChI=1S/C22H35FN6O8P2/c23-22(12-36-16(19(22)30)11-37-39(34,35)14-38(31,32)33)29-13-24-18-20(25-15-6-2-3-7-15)26-17(27-21(18)29)10-28-8-4-1-5-9-28/h13,15-16,19,30H,1-12,14H2,(H,34,35)(H,25,26,27)(H2,31,32,33)/t16-,19-,22-/m1/s1. The van der Waals surface area contributed by atoms with Crippen LogP contribution in [0.1, 0.15) is 50.8 Å². The van der Waals surface area contributed by atoms with Crippen LogP contribution in [0, 0.1) is 0 Å². The first-order valence-corrected chi connectivity index (χ1v) is 16.7. The molecule has 1 unspecified atom stereocenters. The Hall–Kier alpha value is -1.54. The average molecular weight is 593 g/mol. The van der Waals surface area contributed by atoms with Crippen molar-refractivity contribution in [3.05, 3.63) is 12.2 Å². The number of nitrogens with zero attached hydrogens (tertiary/aromatic N) is 5. The highest BCUT2D eigenvalue weighted by molar-refractivity contribution is 7.70. The zero-order valence-corrected chi connectivity index (χ0v) is 23.2. The van der Waals surface area contributed by atoms with Crippen LogP contribution in [-0.2, 0) is 30.7 Å². The summed E-state index contributed by atoms with van der Waals surface area (Å²) in [7, 11) is -9.55. The van der Waals surface area contributed by atoms with Crippen LogP contribution in [0.2, 0.25) is 0 Å². The summed E-state index contributed by atoms with van der Waals surface area (Å²) in [4.78, 5) is 43.7. The summed E-state index contributed by atoms with van der Waals surface area (Å²) in [6.45, 7) is 0.949. The molecule has 17 heteroatoms. The van der Waals surface area contributed by atoms with Gasteiger partial charge in [0.1, 0.15) is 24.6 Å². The van der Waals surface area contributed by atoms with E-state index in [0.29, 0.717) is 23.7 Å². The average Bonchev–Trinajstić information content (AvgIpc) is 3.58. The fraction of sp³-hybridized carbons (Fsp3) is 0.773. The van der Waals surface area contributed by atoms with Crippen LogP contribution in [0.3, 0.4) is 0 Å². The van der Waals surface area contributed by atoms with Crippen LogP contribution in [0.4, 0.5) is 10.2 Å². The zero-order chi connectivity index (χ0) is 27.8. The van der Waals surface area contributed by atoms with E-state index in [1.807, 2.05) is 0 Å². The number of aliphatic hydroxyl groups is 1. The Morgan fingerprint density at radius 2 is 1.85 bits per heavy atom. The number of likely N-dealkylation sites (tertiary alicyclic amines) is 1. The highest BCUT2D eigenvalue weighted by Crippen LogP contribution is 2.55. The Morgan fingerprint density at radius 1 is 1.13 bits per heavy atom. The molecule has 5 N–H and O–H groups in total. The van der Waals surface area contributed by atoms with E-state index in [-0.39, 0.29) is 11.7 Å². The molecule has 0 amide bonds. The lowest BCUT2D eigenvalue weighted by atomic mass is 10.1. The molecule has 2 aromatic heterocycles. The molecule has 0 spiro atoms. The number of fused-ring (bicyclic) bond motifs is 1. The molecule has 0 aromatic carbocycles. The van der Waals surface area contributed by atoms with Gasteiger partial charge in [-0.05, 0) is 38.8 Å². The van der Waals surface area contributed by atoms with Gasteiger partial charge in [0, 0.05) is 6.04 Å². The molecule has 2 aromatic rings. The van der Waals surface area contributed by atoms with Crippen molar-refractivity contribution >= 4 is 32.2 Å². The fourth-order valence-corrected chi connectivity index (χ4v) is 8.04. The third-order valence-corrected chi connectivity index (χ3v) is 10.9. The van der Waals surface area contributed by atoms with Crippen LogP contribution >= 0.6 is 15.2 Å². The number of nitrogens with one attached hydrogen (secondary N) is 1. The zero-order valence-electron chi connectivity index (χ0n) is 21.4. The molecule has 2 saturated heterocycles. The number of imidazole rings is 1. The second kappa shape index (κ2) is 11.4. The third-order valence-electron chi connectivity index (χ3n) is 7.46. The number of ether oxygens (including phenoxy) is 1. The molecule has 1 aliphatic carbocycles. The second-order valence-electron chi connectivity index (χ2n) is 10.6. The second-order valence-corrected chi connectivity index (χ2v) is 14.6. The minimum absolute atomic E-state index is 0.179. The summed E-state index contributed by atoms with van der Waals surface area (Å²) >= 11 is 0. The summed E-state index contributed by atoms with van der Waals surface area (Å²) in [5.74, 6) is -2.92. The molecule has 3 fully saturated rings. The number of piperidine rings is 1. The van der Waals surface area contributed by atoms with E-state index in [4.69, 9.17) is 24.0 Å². The Morgan fingerprint density at radius 3 is 2.54 bits per heavy atom. The molecule has 39 heavy (non-hydrogen) atoms. The van der Waals surface area contributed by atoms with E-state index in [1.54, 1.807) is 0 Å². The fourth-order valence-electron chi connectivity index (χ4n) is 5.47. The van der Waals surface area contributed by atoms with Gasteiger partial charge < -0.3 is 34.4 Å². The maximum absolute atomic E-state index is 16.4. The van der Waals surface area contributed by atoms with E-state index in [0.717, 1.165) is 56.2 Å². The number of aliphatic hydroxyl groups excluding tert-OH is 1. The van der Waals surface area contributed by atoms with Gasteiger partial charge in [-0.2, -0.15) is 0 Å². The predicted molar refractivity (Wildman–Crippen MR) is 138 cm³/mol. The minimum atomic E-state index is -4.84. The smallest absolute Gasteiger partial charge is 0.340 e. The van der Waals surface area contributed by atoms with Crippen LogP contribution in [-0.4, -0.2) is 94.7 Å². The van der Waals surface area contributed by atoms with Gasteiger partial charge in [0.15, 0.2) is 22.9 Å². The van der Waals surface area contributed by atoms with Gasteiger partial charge in [0.05, 0.1) is 19.5 Å². The first-order valence-electron chi connectivity index (χ1n) is 13.2. The Balaban J connectivity index is 1.41. The van der Waals surface area contributed by atoms with Gasteiger partial charge >= 0.3 is 15.2 Å². The highest BCUT2D eigenvalue weighted by atomic mass is 31.2. The maximum Gasteiger partial charge on any atom is 0.340 e. The molecule has 4 heterocycles. The Kier molecular flexibility index (Phi) is 8.46. The van der Waals surface area contributed by atoms with Crippen molar-refractivity contribution in [2.75, 3.05) is 37.5 Å². The first-order chi connectivity index (χ1) is 18.4. The minimum Gasteiger partial charge on any atom is -0.385 e. The predicted octanol–water partition coefficient (Wildman–Crippen LogP) is 1.89. The summed E-state index contributed by atoms with van der Waals surface area (Å²) in [6.07, 6.45) is 5.54. The normalized spacial score (nSPS) is 28.7. The topological polar surface area (TPSA) is 192 Å². The number of halogens is 1. The van der Waals surface area contributed by atoms with Gasteiger partial charge in [0.25, 0.3) is 0 Å². The van der Waals surface area contributed by atoms with Crippen molar-refractivity contribution in [3.63, 3.8) is 0 Å². The highest BCUT2D eigenvalue weighted by Gasteiger charge is 2.53. The van der Waals surface area contributed by atoms with Crippen LogP contribution in [0.15, 0.2) is 6.33 Å². The number of alkyl halides is 1. The van der Waals surface area contributed by atoms with Gasteiger partial charge in [-0.25, -0.2) is 19.3 Å². The molecule has 1 saturated carbocycles. The van der Waals surface area contributed by atoms with E-state index >= 15 is 4.39 Å². The summed E-state index contributed by atoms with van der Waals surface area (Å²) < 4.78 is 50.7. The summed E-state index contributed by atoms with van der Waals surface area (Å²) in [5, 5.41) is 14.3. The van der Waals surface area contributed by atoms with Crippen molar-refractivity contribution in [2.45, 2.75) is 75.5 Å². The molecule has 2 aliphatic heterocycles. The van der Waals surface area contributed by atoms with Crippen molar-refractivity contribution in [3.8, 4) is 0 Å². The van der Waals surface area contributed by atoms with E-state index < -0.39 is 52.3 Å². The molecule has 0 bridgehead atoms. The number of hydrogen-bond acceptors (Lipinski definition) is 10. The van der Waals surface area contributed by atoms with Crippen LogP contribution in [0.25, 0.3) is 11.2 Å². The Labute approximate surface area is 224 Å². The lowest BCUT2D eigenvalue weighted by molar-refractivity contribution is -0.0448. The molecule has 218 valence electrons. The number of hydrogen-bond donors (Lipinski definition) is 5. The number of anilines is 1. The molecule has 0 radical (unpaired) electrons. The lowest BCUT2D eigenvalue weighted by Gasteiger charge is -2.27. The van der Waals surface area contributed by atoms with Crippen molar-refractivity contribution in [1.29, 1.82) is 0 Å². The summed E-state index contributed by atoms with van der Waals surface area (Å²) in [5.41, 5.74) is 0.535. The van der Waals surface area contributed by atoms with Gasteiger partial charge in [-0.15, -0.1) is 0 Å². The first kappa shape index (κ1) is 29.0. The van der Waals surface area contributed by atoms with Crippen molar-refractivity contribution < 1.29 is 42.6 Å². The maximum atomic E-state index is 16.4. The van der Waals surface area contributed by atoms with Crippen LogP contribution in [0.5, 0.6) is 0 Å². The van der Waals surface area contributed by atoms with Crippen molar-refractivity contribution in [1.82, 2.24) is 24.4 Å².